The van der Waals surface area contributed by atoms with Gasteiger partial charge in [0.05, 0.1) is 0 Å². The summed E-state index contributed by atoms with van der Waals surface area (Å²) in [7, 11) is 0. The van der Waals surface area contributed by atoms with Crippen molar-refractivity contribution in [1.29, 1.82) is 0 Å². The van der Waals surface area contributed by atoms with Crippen LogP contribution in [0, 0.1) is 6.92 Å². The average Bonchev–Trinajstić information content (AvgIpc) is 3.10. The summed E-state index contributed by atoms with van der Waals surface area (Å²) in [5.74, 6) is 0.295. The van der Waals surface area contributed by atoms with Gasteiger partial charge in [0.15, 0.2) is 0 Å². The van der Waals surface area contributed by atoms with E-state index in [4.69, 9.17) is 4.42 Å². The monoisotopic (exact) mass is 404 g/mol. The van der Waals surface area contributed by atoms with Gasteiger partial charge in [-0.25, -0.2) is 0 Å². The Labute approximate surface area is 177 Å². The molecule has 0 aliphatic carbocycles. The number of carbonyl (C=O) groups is 1. The van der Waals surface area contributed by atoms with Gasteiger partial charge in [0.2, 0.25) is 5.89 Å². The predicted molar refractivity (Wildman–Crippen MR) is 117 cm³/mol. The lowest BCUT2D eigenvalue weighted by Gasteiger charge is -2.18. The van der Waals surface area contributed by atoms with E-state index in [9.17, 15) is 4.79 Å². The molecule has 1 atom stereocenters. The number of nitrogens with zero attached hydrogens (tertiary/aromatic N) is 3. The zero-order valence-electron chi connectivity index (χ0n) is 17.4. The van der Waals surface area contributed by atoms with Crippen LogP contribution in [-0.2, 0) is 6.42 Å². The Morgan fingerprint density at radius 2 is 1.70 bits per heavy atom. The highest BCUT2D eigenvalue weighted by molar-refractivity contribution is 5.94. The van der Waals surface area contributed by atoms with E-state index in [1.807, 2.05) is 61.5 Å². The van der Waals surface area contributed by atoms with Crippen LogP contribution in [0.3, 0.4) is 0 Å². The van der Waals surface area contributed by atoms with Gasteiger partial charge in [0.1, 0.15) is 6.04 Å². The molecular weight excluding hydrogens is 376 g/mol. The maximum Gasteiger partial charge on any atom is 0.318 e. The van der Waals surface area contributed by atoms with Crippen molar-refractivity contribution in [2.45, 2.75) is 45.1 Å². The number of benzene rings is 2. The van der Waals surface area contributed by atoms with Crippen molar-refractivity contribution in [2.75, 3.05) is 18.0 Å². The minimum Gasteiger partial charge on any atom is -0.406 e. The highest BCUT2D eigenvalue weighted by Gasteiger charge is 2.24. The number of hydrogen-bond donors (Lipinski definition) is 1. The number of aryl methyl sites for hydroxylation is 1. The van der Waals surface area contributed by atoms with Crippen LogP contribution in [0.4, 0.5) is 6.01 Å². The van der Waals surface area contributed by atoms with Crippen molar-refractivity contribution in [1.82, 2.24) is 15.5 Å². The summed E-state index contributed by atoms with van der Waals surface area (Å²) >= 11 is 0. The standard InChI is InChI=1S/C24H28N4O2/c1-18-11-13-20(14-12-18)22(29)25-21(17-19-9-5-4-6-10-19)23-26-27-24(30-23)28-15-7-2-3-8-16-28/h4-6,9-14,21H,2-3,7-8,15-17H2,1H3,(H,25,29)/t21-/m0/s1. The van der Waals surface area contributed by atoms with Crippen molar-refractivity contribution in [3.05, 3.63) is 77.2 Å². The molecule has 1 N–H and O–H groups in total. The zero-order valence-corrected chi connectivity index (χ0v) is 17.4. The van der Waals surface area contributed by atoms with Crippen LogP contribution in [0.25, 0.3) is 0 Å². The number of aromatic nitrogens is 2. The maximum absolute atomic E-state index is 12.9. The third kappa shape index (κ3) is 5.06. The van der Waals surface area contributed by atoms with E-state index in [0.717, 1.165) is 37.1 Å². The van der Waals surface area contributed by atoms with E-state index < -0.39 is 6.04 Å². The number of hydrogen-bond acceptors (Lipinski definition) is 5. The summed E-state index contributed by atoms with van der Waals surface area (Å²) in [6.45, 7) is 3.87. The number of amides is 1. The molecule has 6 nitrogen and oxygen atoms in total. The van der Waals surface area contributed by atoms with Crippen molar-refractivity contribution in [3.63, 3.8) is 0 Å². The highest BCUT2D eigenvalue weighted by atomic mass is 16.4. The van der Waals surface area contributed by atoms with Crippen molar-refractivity contribution >= 4 is 11.9 Å². The Morgan fingerprint density at radius 3 is 2.40 bits per heavy atom. The topological polar surface area (TPSA) is 71.3 Å². The van der Waals surface area contributed by atoms with Crippen molar-refractivity contribution in [2.24, 2.45) is 0 Å². The lowest BCUT2D eigenvalue weighted by Crippen LogP contribution is -2.30. The third-order valence-corrected chi connectivity index (χ3v) is 5.51. The molecule has 6 heteroatoms. The van der Waals surface area contributed by atoms with Gasteiger partial charge in [0.25, 0.3) is 5.91 Å². The molecule has 2 aromatic carbocycles. The van der Waals surface area contributed by atoms with E-state index >= 15 is 0 Å². The Bertz CT molecular complexity index is 945. The number of anilines is 1. The first kappa shape index (κ1) is 20.1. The van der Waals surface area contributed by atoms with E-state index in [1.165, 1.54) is 12.8 Å². The molecule has 1 aromatic heterocycles. The van der Waals surface area contributed by atoms with E-state index in [-0.39, 0.29) is 5.91 Å². The molecule has 1 saturated heterocycles. The van der Waals surface area contributed by atoms with Crippen LogP contribution in [0.2, 0.25) is 0 Å². The van der Waals surface area contributed by atoms with Crippen LogP contribution in [0.15, 0.2) is 59.0 Å². The minimum absolute atomic E-state index is 0.148. The molecule has 0 bridgehead atoms. The Hall–Kier alpha value is -3.15. The molecule has 3 aromatic rings. The smallest absolute Gasteiger partial charge is 0.318 e. The second kappa shape index (κ2) is 9.57. The Kier molecular flexibility index (Phi) is 6.42. The molecule has 1 fully saturated rings. The van der Waals surface area contributed by atoms with Gasteiger partial charge in [-0.05, 0) is 37.5 Å². The summed E-state index contributed by atoms with van der Waals surface area (Å²) in [6, 6.07) is 17.7. The second-order valence-electron chi connectivity index (χ2n) is 7.91. The molecule has 4 rings (SSSR count). The average molecular weight is 405 g/mol. The molecule has 1 amide bonds. The van der Waals surface area contributed by atoms with Crippen LogP contribution in [0.5, 0.6) is 0 Å². The molecule has 156 valence electrons. The zero-order chi connectivity index (χ0) is 20.8. The Morgan fingerprint density at radius 1 is 1.00 bits per heavy atom. The van der Waals surface area contributed by atoms with Gasteiger partial charge in [-0.15, -0.1) is 5.10 Å². The fourth-order valence-corrected chi connectivity index (χ4v) is 3.75. The van der Waals surface area contributed by atoms with Crippen LogP contribution >= 0.6 is 0 Å². The SMILES string of the molecule is Cc1ccc(C(=O)N[C@@H](Cc2ccccc2)c2nnc(N3CCCCCC3)o2)cc1. The van der Waals surface area contributed by atoms with Crippen LogP contribution in [0.1, 0.15) is 59.1 Å². The number of rotatable bonds is 6. The van der Waals surface area contributed by atoms with Crippen LogP contribution < -0.4 is 10.2 Å². The molecule has 0 radical (unpaired) electrons. The first-order chi connectivity index (χ1) is 14.7. The molecular formula is C24H28N4O2. The van der Waals surface area contributed by atoms with Gasteiger partial charge in [-0.1, -0.05) is 66.0 Å². The Balaban J connectivity index is 1.55. The van der Waals surface area contributed by atoms with Gasteiger partial charge in [-0.2, -0.15) is 0 Å². The van der Waals surface area contributed by atoms with Gasteiger partial charge < -0.3 is 14.6 Å². The fourth-order valence-electron chi connectivity index (χ4n) is 3.75. The van der Waals surface area contributed by atoms with Crippen molar-refractivity contribution < 1.29 is 9.21 Å². The normalized spacial score (nSPS) is 15.4. The van der Waals surface area contributed by atoms with E-state index in [1.54, 1.807) is 0 Å². The summed E-state index contributed by atoms with van der Waals surface area (Å²) in [4.78, 5) is 15.0. The second-order valence-corrected chi connectivity index (χ2v) is 7.91. The summed E-state index contributed by atoms with van der Waals surface area (Å²) < 4.78 is 6.06. The molecule has 2 heterocycles. The molecule has 0 spiro atoms. The molecule has 0 saturated carbocycles. The summed E-state index contributed by atoms with van der Waals surface area (Å²) in [5.41, 5.74) is 2.83. The molecule has 0 unspecified atom stereocenters. The lowest BCUT2D eigenvalue weighted by atomic mass is 10.0. The molecule has 30 heavy (non-hydrogen) atoms. The first-order valence-electron chi connectivity index (χ1n) is 10.7. The lowest BCUT2D eigenvalue weighted by molar-refractivity contribution is 0.0930. The fraction of sp³-hybridized carbons (Fsp3) is 0.375. The van der Waals surface area contributed by atoms with Crippen LogP contribution in [-0.4, -0.2) is 29.2 Å². The highest BCUT2D eigenvalue weighted by Crippen LogP contribution is 2.23. The quantitative estimate of drug-likeness (QED) is 0.656. The van der Waals surface area contributed by atoms with Gasteiger partial charge in [-0.3, -0.25) is 4.79 Å². The maximum atomic E-state index is 12.9. The third-order valence-electron chi connectivity index (χ3n) is 5.51. The summed E-state index contributed by atoms with van der Waals surface area (Å²) in [5, 5.41) is 11.7. The largest absolute Gasteiger partial charge is 0.406 e. The number of nitrogens with one attached hydrogen (secondary N) is 1. The minimum atomic E-state index is -0.394. The van der Waals surface area contributed by atoms with Gasteiger partial charge in [0, 0.05) is 25.1 Å². The number of carbonyl (C=O) groups excluding carboxylic acids is 1. The summed E-state index contributed by atoms with van der Waals surface area (Å²) in [6.07, 6.45) is 5.33. The molecule has 1 aliphatic heterocycles. The van der Waals surface area contributed by atoms with E-state index in [0.29, 0.717) is 23.9 Å². The van der Waals surface area contributed by atoms with Gasteiger partial charge >= 0.3 is 6.01 Å². The predicted octanol–water partition coefficient (Wildman–Crippen LogP) is 4.47. The first-order valence-corrected chi connectivity index (χ1v) is 10.7. The van der Waals surface area contributed by atoms with E-state index in [2.05, 4.69) is 20.4 Å². The molecule has 1 aliphatic rings. The van der Waals surface area contributed by atoms with Crippen molar-refractivity contribution in [3.8, 4) is 0 Å².